The van der Waals surface area contributed by atoms with E-state index in [0.29, 0.717) is 5.75 Å². The van der Waals surface area contributed by atoms with Crippen molar-refractivity contribution < 1.29 is 4.79 Å². The molecule has 2 N–H and O–H groups in total. The molecular weight excluding hydrogens is 182 g/mol. The number of ketones is 1. The number of hydrogen-bond acceptors (Lipinski definition) is 3. The second-order valence-electron chi connectivity index (χ2n) is 3.28. The molecule has 2 rings (SSSR count). The molecule has 0 bridgehead atoms. The topological polar surface area (TPSA) is 43.1 Å². The van der Waals surface area contributed by atoms with Crippen molar-refractivity contribution >= 4 is 17.5 Å². The van der Waals surface area contributed by atoms with E-state index in [9.17, 15) is 4.79 Å². The van der Waals surface area contributed by atoms with Crippen LogP contribution in [0.3, 0.4) is 0 Å². The van der Waals surface area contributed by atoms with Crippen LogP contribution in [0.5, 0.6) is 0 Å². The lowest BCUT2D eigenvalue weighted by Gasteiger charge is -2.19. The highest BCUT2D eigenvalue weighted by atomic mass is 32.2. The van der Waals surface area contributed by atoms with Gasteiger partial charge in [0.15, 0.2) is 5.78 Å². The Morgan fingerprint density at radius 1 is 1.54 bits per heavy atom. The molecule has 0 spiro atoms. The molecule has 1 aromatic rings. The Kier molecular flexibility index (Phi) is 2.14. The van der Waals surface area contributed by atoms with Crippen LogP contribution in [0, 0.1) is 6.92 Å². The Hall–Kier alpha value is -0.800. The fourth-order valence-corrected chi connectivity index (χ4v) is 2.41. The number of Topliss-reactive ketones (excluding diaryl/α,β-unsaturated/α-hetero) is 1. The average Bonchev–Trinajstić information content (AvgIpc) is 2.12. The van der Waals surface area contributed by atoms with E-state index in [-0.39, 0.29) is 11.8 Å². The van der Waals surface area contributed by atoms with Crippen LogP contribution in [0.2, 0.25) is 0 Å². The molecule has 1 aromatic carbocycles. The van der Waals surface area contributed by atoms with Gasteiger partial charge in [0.1, 0.15) is 0 Å². The molecule has 0 fully saturated rings. The number of carbonyl (C=O) groups excluding carboxylic acids is 1. The summed E-state index contributed by atoms with van der Waals surface area (Å²) in [6.45, 7) is 1.98. The largest absolute Gasteiger partial charge is 0.321 e. The highest BCUT2D eigenvalue weighted by Gasteiger charge is 2.24. The Morgan fingerprint density at radius 3 is 3.08 bits per heavy atom. The third-order valence-electron chi connectivity index (χ3n) is 2.16. The quantitative estimate of drug-likeness (QED) is 0.680. The maximum absolute atomic E-state index is 11.6. The number of nitrogens with two attached hydrogens (primary N) is 1. The molecule has 0 aromatic heterocycles. The SMILES string of the molecule is Cc1ccc2c(c1)C(=O)[C@@H](N)CS2. The summed E-state index contributed by atoms with van der Waals surface area (Å²) in [5, 5.41) is 0. The predicted molar refractivity (Wildman–Crippen MR) is 54.2 cm³/mol. The molecular formula is C10H11NOS. The summed E-state index contributed by atoms with van der Waals surface area (Å²) >= 11 is 1.66. The molecule has 1 aliphatic heterocycles. The summed E-state index contributed by atoms with van der Waals surface area (Å²) in [5.74, 6) is 0.784. The molecule has 68 valence electrons. The second kappa shape index (κ2) is 3.16. The summed E-state index contributed by atoms with van der Waals surface area (Å²) in [5.41, 5.74) is 7.58. The first kappa shape index (κ1) is 8.78. The van der Waals surface area contributed by atoms with Crippen molar-refractivity contribution in [2.45, 2.75) is 17.9 Å². The Balaban J connectivity index is 2.51. The van der Waals surface area contributed by atoms with Crippen LogP contribution < -0.4 is 5.73 Å². The van der Waals surface area contributed by atoms with Gasteiger partial charge in [0.2, 0.25) is 0 Å². The van der Waals surface area contributed by atoms with Crippen LogP contribution in [-0.4, -0.2) is 17.6 Å². The smallest absolute Gasteiger partial charge is 0.181 e. The van der Waals surface area contributed by atoms with E-state index in [1.807, 2.05) is 25.1 Å². The van der Waals surface area contributed by atoms with Crippen molar-refractivity contribution in [2.24, 2.45) is 5.73 Å². The number of fused-ring (bicyclic) bond motifs is 1. The monoisotopic (exact) mass is 193 g/mol. The first-order valence-electron chi connectivity index (χ1n) is 4.22. The zero-order valence-electron chi connectivity index (χ0n) is 7.41. The number of rotatable bonds is 0. The van der Waals surface area contributed by atoms with Gasteiger partial charge in [0.05, 0.1) is 6.04 Å². The summed E-state index contributed by atoms with van der Waals surface area (Å²) in [6.07, 6.45) is 0. The highest BCUT2D eigenvalue weighted by Crippen LogP contribution is 2.29. The molecule has 2 nitrogen and oxygen atoms in total. The minimum atomic E-state index is -0.320. The lowest BCUT2D eigenvalue weighted by molar-refractivity contribution is 0.0964. The summed E-state index contributed by atoms with van der Waals surface area (Å²) in [6, 6.07) is 5.62. The van der Waals surface area contributed by atoms with Gasteiger partial charge in [-0.3, -0.25) is 4.79 Å². The van der Waals surface area contributed by atoms with E-state index in [1.165, 1.54) is 0 Å². The number of benzene rings is 1. The molecule has 0 saturated heterocycles. The van der Waals surface area contributed by atoms with Crippen LogP contribution >= 0.6 is 11.8 Å². The van der Waals surface area contributed by atoms with Gasteiger partial charge in [-0.2, -0.15) is 0 Å². The summed E-state index contributed by atoms with van der Waals surface area (Å²) < 4.78 is 0. The predicted octanol–water partition coefficient (Wildman–Crippen LogP) is 1.61. The van der Waals surface area contributed by atoms with Gasteiger partial charge in [-0.05, 0) is 19.1 Å². The van der Waals surface area contributed by atoms with Crippen molar-refractivity contribution in [3.05, 3.63) is 29.3 Å². The first-order valence-corrected chi connectivity index (χ1v) is 5.20. The van der Waals surface area contributed by atoms with Gasteiger partial charge < -0.3 is 5.73 Å². The molecule has 0 amide bonds. The lowest BCUT2D eigenvalue weighted by atomic mass is 10.0. The fourth-order valence-electron chi connectivity index (χ4n) is 1.42. The van der Waals surface area contributed by atoms with Crippen molar-refractivity contribution in [1.82, 2.24) is 0 Å². The molecule has 0 aliphatic carbocycles. The number of aryl methyl sites for hydroxylation is 1. The zero-order chi connectivity index (χ0) is 9.42. The zero-order valence-corrected chi connectivity index (χ0v) is 8.23. The molecule has 3 heteroatoms. The second-order valence-corrected chi connectivity index (χ2v) is 4.34. The van der Waals surface area contributed by atoms with Crippen molar-refractivity contribution in [3.63, 3.8) is 0 Å². The Bertz CT molecular complexity index is 362. The van der Waals surface area contributed by atoms with E-state index in [2.05, 4.69) is 0 Å². The van der Waals surface area contributed by atoms with E-state index >= 15 is 0 Å². The van der Waals surface area contributed by atoms with E-state index in [4.69, 9.17) is 5.73 Å². The van der Waals surface area contributed by atoms with E-state index in [0.717, 1.165) is 16.0 Å². The molecule has 13 heavy (non-hydrogen) atoms. The van der Waals surface area contributed by atoms with E-state index in [1.54, 1.807) is 11.8 Å². The van der Waals surface area contributed by atoms with Crippen LogP contribution in [0.4, 0.5) is 0 Å². The van der Waals surface area contributed by atoms with Crippen molar-refractivity contribution in [3.8, 4) is 0 Å². The van der Waals surface area contributed by atoms with Crippen LogP contribution in [0.1, 0.15) is 15.9 Å². The third-order valence-corrected chi connectivity index (χ3v) is 3.35. The molecule has 0 unspecified atom stereocenters. The Labute approximate surface area is 81.5 Å². The van der Waals surface area contributed by atoms with Crippen LogP contribution in [0.25, 0.3) is 0 Å². The van der Waals surface area contributed by atoms with Gasteiger partial charge >= 0.3 is 0 Å². The van der Waals surface area contributed by atoms with Crippen molar-refractivity contribution in [1.29, 1.82) is 0 Å². The van der Waals surface area contributed by atoms with E-state index < -0.39 is 0 Å². The Morgan fingerprint density at radius 2 is 2.31 bits per heavy atom. The van der Waals surface area contributed by atoms with Gasteiger partial charge in [-0.15, -0.1) is 11.8 Å². The minimum absolute atomic E-state index is 0.0810. The van der Waals surface area contributed by atoms with Crippen LogP contribution in [-0.2, 0) is 0 Å². The lowest BCUT2D eigenvalue weighted by Crippen LogP contribution is -2.35. The van der Waals surface area contributed by atoms with Crippen LogP contribution in [0.15, 0.2) is 23.1 Å². The highest BCUT2D eigenvalue weighted by molar-refractivity contribution is 7.99. The maximum atomic E-state index is 11.6. The molecule has 0 saturated carbocycles. The number of hydrogen-bond donors (Lipinski definition) is 1. The maximum Gasteiger partial charge on any atom is 0.181 e. The van der Waals surface area contributed by atoms with Gasteiger partial charge in [0.25, 0.3) is 0 Å². The van der Waals surface area contributed by atoms with Gasteiger partial charge in [-0.1, -0.05) is 11.6 Å². The summed E-state index contributed by atoms with van der Waals surface area (Å²) in [4.78, 5) is 12.7. The molecule has 1 atom stereocenters. The number of carbonyl (C=O) groups is 1. The number of thioether (sulfide) groups is 1. The molecule has 0 radical (unpaired) electrons. The normalized spacial score (nSPS) is 21.4. The first-order chi connectivity index (χ1) is 6.18. The molecule has 1 aliphatic rings. The fraction of sp³-hybridized carbons (Fsp3) is 0.300. The standard InChI is InChI=1S/C10H11NOS/c1-6-2-3-9-7(4-6)10(12)8(11)5-13-9/h2-4,8H,5,11H2,1H3/t8-/m0/s1. The summed E-state index contributed by atoms with van der Waals surface area (Å²) in [7, 11) is 0. The van der Waals surface area contributed by atoms with Gasteiger partial charge in [-0.25, -0.2) is 0 Å². The van der Waals surface area contributed by atoms with Gasteiger partial charge in [0, 0.05) is 16.2 Å². The molecule has 1 heterocycles. The minimum Gasteiger partial charge on any atom is -0.321 e. The van der Waals surface area contributed by atoms with Crippen molar-refractivity contribution in [2.75, 3.05) is 5.75 Å². The average molecular weight is 193 g/mol. The third kappa shape index (κ3) is 1.49.